The van der Waals surface area contributed by atoms with Crippen LogP contribution in [-0.2, 0) is 5.41 Å². The molecule has 5 rings (SSSR count). The minimum atomic E-state index is -1.16. The summed E-state index contributed by atoms with van der Waals surface area (Å²) < 4.78 is 0. The predicted octanol–water partition coefficient (Wildman–Crippen LogP) is 7.62. The van der Waals surface area contributed by atoms with Gasteiger partial charge in [-0.2, -0.15) is 0 Å². The molecule has 2 N–H and O–H groups in total. The van der Waals surface area contributed by atoms with Gasteiger partial charge in [0, 0.05) is 11.5 Å². The van der Waals surface area contributed by atoms with Gasteiger partial charge in [0.2, 0.25) is 0 Å². The fraction of sp³-hybridized carbons (Fsp3) is 0.0882. The summed E-state index contributed by atoms with van der Waals surface area (Å²) in [5, 5.41) is 21.4. The van der Waals surface area contributed by atoms with Crippen molar-refractivity contribution in [2.75, 3.05) is 0 Å². The minimum absolute atomic E-state index is 0.109. The first-order chi connectivity index (χ1) is 18.0. The zero-order chi connectivity index (χ0) is 25.8. The Balaban J connectivity index is 1.91. The molecule has 3 heteroatoms. The van der Waals surface area contributed by atoms with Crippen molar-refractivity contribution < 1.29 is 15.0 Å². The standard InChI is InChI=1S/C34H28O3/c1-24(25-14-6-2-7-15-25)30-22-29(23-31(32(30)35)33(36)37)34(26-16-8-3-9-17-26,27-18-10-4-11-19-27)28-20-12-5-13-21-28/h2-24,35H,1H3,(H,36,37). The van der Waals surface area contributed by atoms with Crippen LogP contribution in [-0.4, -0.2) is 16.2 Å². The van der Waals surface area contributed by atoms with Gasteiger partial charge in [-0.1, -0.05) is 128 Å². The third-order valence-corrected chi connectivity index (χ3v) is 7.19. The maximum absolute atomic E-state index is 12.5. The van der Waals surface area contributed by atoms with Crippen LogP contribution in [0, 0.1) is 0 Å². The summed E-state index contributed by atoms with van der Waals surface area (Å²) in [5.74, 6) is -1.58. The van der Waals surface area contributed by atoms with Gasteiger partial charge < -0.3 is 10.2 Å². The van der Waals surface area contributed by atoms with Gasteiger partial charge in [0.1, 0.15) is 11.3 Å². The molecule has 3 nitrogen and oxygen atoms in total. The lowest BCUT2D eigenvalue weighted by Gasteiger charge is -2.37. The van der Waals surface area contributed by atoms with Crippen LogP contribution in [0.4, 0.5) is 0 Å². The fourth-order valence-electron chi connectivity index (χ4n) is 5.35. The van der Waals surface area contributed by atoms with E-state index < -0.39 is 11.4 Å². The molecular weight excluding hydrogens is 456 g/mol. The molecular formula is C34H28O3. The van der Waals surface area contributed by atoms with Crippen LogP contribution in [0.25, 0.3) is 0 Å². The molecule has 0 heterocycles. The second-order valence-electron chi connectivity index (χ2n) is 9.25. The molecule has 37 heavy (non-hydrogen) atoms. The largest absolute Gasteiger partial charge is 0.507 e. The number of phenols is 1. The highest BCUT2D eigenvalue weighted by Crippen LogP contribution is 2.47. The van der Waals surface area contributed by atoms with Crippen molar-refractivity contribution in [3.63, 3.8) is 0 Å². The van der Waals surface area contributed by atoms with E-state index in [0.717, 1.165) is 27.8 Å². The van der Waals surface area contributed by atoms with Crippen LogP contribution in [0.15, 0.2) is 133 Å². The van der Waals surface area contributed by atoms with Crippen molar-refractivity contribution in [1.82, 2.24) is 0 Å². The SMILES string of the molecule is CC(c1ccccc1)c1cc(C(c2ccccc2)(c2ccccc2)c2ccccc2)cc(C(=O)O)c1O. The van der Waals surface area contributed by atoms with Gasteiger partial charge in [-0.3, -0.25) is 0 Å². The molecule has 0 saturated carbocycles. The van der Waals surface area contributed by atoms with E-state index in [2.05, 4.69) is 36.4 Å². The number of rotatable bonds is 7. The number of benzene rings is 5. The summed E-state index contributed by atoms with van der Waals surface area (Å²) in [6, 6.07) is 43.9. The molecule has 0 bridgehead atoms. The van der Waals surface area contributed by atoms with E-state index in [4.69, 9.17) is 0 Å². The lowest BCUT2D eigenvalue weighted by molar-refractivity contribution is 0.0693. The highest BCUT2D eigenvalue weighted by Gasteiger charge is 2.40. The van der Waals surface area contributed by atoms with E-state index in [-0.39, 0.29) is 17.2 Å². The maximum Gasteiger partial charge on any atom is 0.339 e. The molecule has 5 aromatic rings. The summed E-state index contributed by atoms with van der Waals surface area (Å²) in [7, 11) is 0. The summed E-state index contributed by atoms with van der Waals surface area (Å²) in [5.41, 5.74) is 4.45. The molecule has 0 amide bonds. The Morgan fingerprint density at radius 2 is 1.03 bits per heavy atom. The average molecular weight is 485 g/mol. The fourth-order valence-corrected chi connectivity index (χ4v) is 5.35. The van der Waals surface area contributed by atoms with Crippen LogP contribution >= 0.6 is 0 Å². The first-order valence-corrected chi connectivity index (χ1v) is 12.4. The van der Waals surface area contributed by atoms with Crippen LogP contribution < -0.4 is 0 Å². The Bertz CT molecular complexity index is 1400. The molecule has 0 radical (unpaired) electrons. The van der Waals surface area contributed by atoms with Crippen molar-refractivity contribution in [2.45, 2.75) is 18.3 Å². The van der Waals surface area contributed by atoms with Gasteiger partial charge in [-0.25, -0.2) is 4.79 Å². The Hall–Kier alpha value is -4.63. The van der Waals surface area contributed by atoms with E-state index in [1.807, 2.05) is 97.9 Å². The lowest BCUT2D eigenvalue weighted by atomic mass is 9.64. The van der Waals surface area contributed by atoms with Crippen molar-refractivity contribution in [2.24, 2.45) is 0 Å². The molecule has 0 spiro atoms. The van der Waals surface area contributed by atoms with Crippen LogP contribution in [0.2, 0.25) is 0 Å². The Morgan fingerprint density at radius 3 is 1.43 bits per heavy atom. The smallest absolute Gasteiger partial charge is 0.339 e. The zero-order valence-corrected chi connectivity index (χ0v) is 20.6. The van der Waals surface area contributed by atoms with Gasteiger partial charge in [-0.05, 0) is 39.9 Å². The van der Waals surface area contributed by atoms with Crippen molar-refractivity contribution >= 4 is 5.97 Å². The Labute approximate surface area is 217 Å². The number of carboxylic acids is 1. The van der Waals surface area contributed by atoms with Crippen molar-refractivity contribution in [3.8, 4) is 5.75 Å². The number of hydrogen-bond acceptors (Lipinski definition) is 2. The van der Waals surface area contributed by atoms with Crippen molar-refractivity contribution in [1.29, 1.82) is 0 Å². The molecule has 1 unspecified atom stereocenters. The maximum atomic E-state index is 12.5. The number of hydrogen-bond donors (Lipinski definition) is 2. The highest BCUT2D eigenvalue weighted by molar-refractivity contribution is 5.92. The molecule has 0 fully saturated rings. The number of carboxylic acid groups (broad SMARTS) is 1. The summed E-state index contributed by atoms with van der Waals surface area (Å²) >= 11 is 0. The van der Waals surface area contributed by atoms with Gasteiger partial charge in [-0.15, -0.1) is 0 Å². The monoisotopic (exact) mass is 484 g/mol. The van der Waals surface area contributed by atoms with Gasteiger partial charge in [0.25, 0.3) is 0 Å². The normalized spacial score (nSPS) is 12.1. The minimum Gasteiger partial charge on any atom is -0.507 e. The van der Waals surface area contributed by atoms with Gasteiger partial charge in [0.15, 0.2) is 0 Å². The lowest BCUT2D eigenvalue weighted by Crippen LogP contribution is -2.31. The molecule has 182 valence electrons. The number of aromatic carboxylic acids is 1. The van der Waals surface area contributed by atoms with E-state index in [1.54, 1.807) is 6.07 Å². The van der Waals surface area contributed by atoms with Gasteiger partial charge >= 0.3 is 5.97 Å². The quantitative estimate of drug-likeness (QED) is 0.234. The molecule has 0 aliphatic heterocycles. The second kappa shape index (κ2) is 10.2. The topological polar surface area (TPSA) is 57.5 Å². The van der Waals surface area contributed by atoms with Crippen molar-refractivity contribution in [3.05, 3.63) is 172 Å². The van der Waals surface area contributed by atoms with Crippen LogP contribution in [0.1, 0.15) is 56.6 Å². The Kier molecular flexibility index (Phi) is 6.61. The van der Waals surface area contributed by atoms with Crippen LogP contribution in [0.5, 0.6) is 5.75 Å². The van der Waals surface area contributed by atoms with Gasteiger partial charge in [0.05, 0.1) is 5.41 Å². The number of carbonyl (C=O) groups is 1. The van der Waals surface area contributed by atoms with E-state index >= 15 is 0 Å². The van der Waals surface area contributed by atoms with E-state index in [9.17, 15) is 15.0 Å². The molecule has 0 aliphatic carbocycles. The van der Waals surface area contributed by atoms with E-state index in [0.29, 0.717) is 5.56 Å². The summed E-state index contributed by atoms with van der Waals surface area (Å²) in [6.45, 7) is 2.00. The number of aromatic hydroxyl groups is 1. The molecule has 1 atom stereocenters. The predicted molar refractivity (Wildman–Crippen MR) is 147 cm³/mol. The Morgan fingerprint density at radius 1 is 0.622 bits per heavy atom. The molecule has 0 saturated heterocycles. The highest BCUT2D eigenvalue weighted by atomic mass is 16.4. The zero-order valence-electron chi connectivity index (χ0n) is 20.6. The first kappa shape index (κ1) is 24.1. The van der Waals surface area contributed by atoms with E-state index in [1.165, 1.54) is 0 Å². The summed E-state index contributed by atoms with van der Waals surface area (Å²) in [4.78, 5) is 12.5. The molecule has 5 aromatic carbocycles. The third-order valence-electron chi connectivity index (χ3n) is 7.19. The molecule has 0 aromatic heterocycles. The average Bonchev–Trinajstić information content (AvgIpc) is 2.96. The molecule has 0 aliphatic rings. The van der Waals surface area contributed by atoms with Crippen LogP contribution in [0.3, 0.4) is 0 Å². The first-order valence-electron chi connectivity index (χ1n) is 12.4. The summed E-state index contributed by atoms with van der Waals surface area (Å²) in [6.07, 6.45) is 0. The third kappa shape index (κ3) is 4.30. The second-order valence-corrected chi connectivity index (χ2v) is 9.25.